The Kier molecular flexibility index (Phi) is 10.8. The highest BCUT2D eigenvalue weighted by Crippen LogP contribution is 2.32. The minimum Gasteiger partial charge on any atom is -0.388 e. The number of nitrogens with one attached hydrogen (secondary N) is 1. The van der Waals surface area contributed by atoms with Crippen LogP contribution < -0.4 is 4.72 Å². The van der Waals surface area contributed by atoms with Crippen LogP contribution in [0.1, 0.15) is 0 Å². The number of rotatable bonds is 12. The Morgan fingerprint density at radius 2 is 1.46 bits per heavy atom. The van der Waals surface area contributed by atoms with Crippen molar-refractivity contribution in [2.24, 2.45) is 0 Å². The molecule has 0 amide bonds. The number of aldehydes is 1. The average Bonchev–Trinajstić information content (AvgIpc) is 2.75. The average molecular weight is 608 g/mol. The summed E-state index contributed by atoms with van der Waals surface area (Å²) in [5, 5.41) is 21.3. The zero-order valence-corrected chi connectivity index (χ0v) is 21.2. The minimum atomic E-state index is -5.33. The molecule has 0 spiro atoms. The zero-order valence-electron chi connectivity index (χ0n) is 18.7. The van der Waals surface area contributed by atoms with Gasteiger partial charge in [0.1, 0.15) is 42.7 Å². The van der Waals surface area contributed by atoms with Crippen LogP contribution in [0.4, 0.5) is 0 Å². The van der Waals surface area contributed by atoms with Gasteiger partial charge in [-0.15, -0.1) is 0 Å². The van der Waals surface area contributed by atoms with E-state index in [-0.39, 0.29) is 6.29 Å². The highest BCUT2D eigenvalue weighted by atomic mass is 32.3. The van der Waals surface area contributed by atoms with E-state index >= 15 is 0 Å². The van der Waals surface area contributed by atoms with Crippen LogP contribution in [0, 0.1) is 0 Å². The van der Waals surface area contributed by atoms with Gasteiger partial charge in [-0.1, -0.05) is 0 Å². The van der Waals surface area contributed by atoms with Crippen molar-refractivity contribution >= 4 is 37.4 Å². The molecule has 0 aliphatic carbocycles. The molecule has 0 aromatic heterocycles. The molecule has 37 heavy (non-hydrogen) atoms. The summed E-state index contributed by atoms with van der Waals surface area (Å²) in [4.78, 5) is 11.4. The fourth-order valence-corrected chi connectivity index (χ4v) is 5.00. The second-order valence-electron chi connectivity index (χ2n) is 7.49. The van der Waals surface area contributed by atoms with Crippen LogP contribution in [-0.2, 0) is 67.9 Å². The third kappa shape index (κ3) is 9.02. The summed E-state index contributed by atoms with van der Waals surface area (Å²) >= 11 is 0. The van der Waals surface area contributed by atoms with Crippen molar-refractivity contribution in [3.63, 3.8) is 0 Å². The van der Waals surface area contributed by atoms with E-state index in [9.17, 15) is 40.3 Å². The van der Waals surface area contributed by atoms with E-state index in [0.29, 0.717) is 0 Å². The Morgan fingerprint density at radius 1 is 0.838 bits per heavy atom. The monoisotopic (exact) mass is 607 g/mol. The summed E-state index contributed by atoms with van der Waals surface area (Å²) in [7, 11) is -13.5. The van der Waals surface area contributed by atoms with E-state index in [1.54, 1.807) is 4.72 Å². The normalized spacial score (nSPS) is 37.8. The molecule has 6 N–H and O–H groups in total. The first-order valence-corrected chi connectivity index (χ1v) is 13.9. The van der Waals surface area contributed by atoms with Crippen molar-refractivity contribution in [2.45, 2.75) is 61.3 Å². The fourth-order valence-electron chi connectivity index (χ4n) is 3.62. The second kappa shape index (κ2) is 12.5. The van der Waals surface area contributed by atoms with Gasteiger partial charge in [0.05, 0.1) is 6.61 Å². The maximum atomic E-state index is 11.4. The molecule has 218 valence electrons. The molecule has 0 bridgehead atoms. The molecule has 2 fully saturated rings. The lowest BCUT2D eigenvalue weighted by atomic mass is 9.96. The molecule has 10 atom stereocenters. The molecular weight excluding hydrogens is 582 g/mol. The van der Waals surface area contributed by atoms with Crippen molar-refractivity contribution in [2.75, 3.05) is 20.8 Å². The number of hydrogen-bond donors (Lipinski definition) is 6. The third-order valence-corrected chi connectivity index (χ3v) is 6.53. The number of carbonyl (C=O) groups excluding carboxylic acids is 1. The summed E-state index contributed by atoms with van der Waals surface area (Å²) in [6, 6.07) is -1.88. The van der Waals surface area contributed by atoms with Gasteiger partial charge in [-0.05, 0) is 0 Å². The van der Waals surface area contributed by atoms with Gasteiger partial charge in [-0.3, -0.25) is 13.7 Å². The Labute approximate surface area is 210 Å². The Morgan fingerprint density at radius 3 is 1.92 bits per heavy atom. The van der Waals surface area contributed by atoms with Gasteiger partial charge in [-0.25, -0.2) is 8.37 Å². The van der Waals surface area contributed by atoms with Crippen LogP contribution in [0.25, 0.3) is 0 Å². The van der Waals surface area contributed by atoms with Crippen LogP contribution in [0.5, 0.6) is 0 Å². The molecule has 0 aromatic carbocycles. The first kappa shape index (κ1) is 32.2. The summed E-state index contributed by atoms with van der Waals surface area (Å²) in [6.07, 6.45) is -17.2. The first-order valence-electron chi connectivity index (χ1n) is 9.76. The van der Waals surface area contributed by atoms with E-state index in [1.165, 1.54) is 0 Å². The minimum absolute atomic E-state index is 0.119. The first-order chi connectivity index (χ1) is 16.9. The number of aliphatic hydroxyl groups is 2. The Balaban J connectivity index is 2.48. The molecule has 20 nitrogen and oxygen atoms in total. The van der Waals surface area contributed by atoms with Gasteiger partial charge in [0.15, 0.2) is 25.0 Å². The molecule has 0 aromatic rings. The van der Waals surface area contributed by atoms with E-state index in [4.69, 9.17) is 37.3 Å². The Hall–Kier alpha value is -1.00. The van der Waals surface area contributed by atoms with Crippen LogP contribution in [0.2, 0.25) is 0 Å². The molecule has 4 unspecified atom stereocenters. The van der Waals surface area contributed by atoms with Crippen LogP contribution in [0.15, 0.2) is 0 Å². The van der Waals surface area contributed by atoms with Gasteiger partial charge in [0, 0.05) is 14.2 Å². The van der Waals surface area contributed by atoms with Gasteiger partial charge >= 0.3 is 31.1 Å². The Bertz CT molecular complexity index is 1090. The number of hydrogen-bond acceptors (Lipinski definition) is 16. The van der Waals surface area contributed by atoms with E-state index in [1.807, 2.05) is 0 Å². The predicted octanol–water partition coefficient (Wildman–Crippen LogP) is -4.83. The largest absolute Gasteiger partial charge is 0.397 e. The number of carbonyl (C=O) groups is 1. The molecule has 2 saturated heterocycles. The topological polar surface area (TPSA) is 297 Å². The molecule has 2 aliphatic rings. The molecule has 23 heteroatoms. The lowest BCUT2D eigenvalue weighted by Crippen LogP contribution is -2.68. The smallest absolute Gasteiger partial charge is 0.388 e. The van der Waals surface area contributed by atoms with Crippen molar-refractivity contribution in [1.29, 1.82) is 0 Å². The SMILES string of the molecule is CO[C@H]1OC(COS(=O)(=O)O)[C@H](O[C@@H]2OC(C=O)[C@@H](OC)[C@@H](O)C2OS(=O)(=O)O)[C@@H](O)C1NS(=O)(=O)O. The van der Waals surface area contributed by atoms with Crippen molar-refractivity contribution in [1.82, 2.24) is 4.72 Å². The highest BCUT2D eigenvalue weighted by Gasteiger charge is 2.54. The van der Waals surface area contributed by atoms with Gasteiger partial charge in [0.25, 0.3) is 0 Å². The fraction of sp³-hybridized carbons (Fsp3) is 0.929. The standard InChI is InChI=1S/C14H25NO19S3/c1-28-10-5(3-16)31-14(12(9(10)18)34-37(25,26)27)33-11-6(4-30-36(22,23)24)32-13(29-2)7(8(11)17)15-35(19,20)21/h3,5-15,17-18H,4H2,1-2H3,(H,19,20,21)(H,22,23,24)(H,25,26,27)/t5?,6?,7?,8-,9+,10+,11-,12?,13-,14-/m0/s1. The molecule has 2 heterocycles. The summed E-state index contributed by atoms with van der Waals surface area (Å²) in [5.41, 5.74) is 0. The van der Waals surface area contributed by atoms with E-state index in [0.717, 1.165) is 14.2 Å². The quantitative estimate of drug-likeness (QED) is 0.0895. The van der Waals surface area contributed by atoms with Crippen molar-refractivity contribution < 1.29 is 86.0 Å². The van der Waals surface area contributed by atoms with Crippen molar-refractivity contribution in [3.05, 3.63) is 0 Å². The predicted molar refractivity (Wildman–Crippen MR) is 110 cm³/mol. The summed E-state index contributed by atoms with van der Waals surface area (Å²) < 4.78 is 131. The molecule has 2 aliphatic heterocycles. The van der Waals surface area contributed by atoms with E-state index < -0.39 is 99.1 Å². The molecule has 0 saturated carbocycles. The van der Waals surface area contributed by atoms with Crippen LogP contribution in [-0.4, -0.2) is 138 Å². The number of methoxy groups -OCH3 is 2. The third-order valence-electron chi connectivity index (χ3n) is 5.06. The zero-order chi connectivity index (χ0) is 28.3. The van der Waals surface area contributed by atoms with Gasteiger partial charge in [-0.2, -0.15) is 30.0 Å². The second-order valence-corrected chi connectivity index (χ2v) is 10.8. The molecule has 2 rings (SSSR count). The summed E-state index contributed by atoms with van der Waals surface area (Å²) in [6.45, 7) is -1.13. The highest BCUT2D eigenvalue weighted by molar-refractivity contribution is 7.83. The maximum absolute atomic E-state index is 11.4. The lowest BCUT2D eigenvalue weighted by molar-refractivity contribution is -0.336. The van der Waals surface area contributed by atoms with Gasteiger partial charge in [0.2, 0.25) is 0 Å². The molecule has 0 radical (unpaired) electrons. The number of ether oxygens (including phenoxy) is 5. The lowest BCUT2D eigenvalue weighted by Gasteiger charge is -2.47. The maximum Gasteiger partial charge on any atom is 0.397 e. The van der Waals surface area contributed by atoms with Crippen LogP contribution in [0.3, 0.4) is 0 Å². The van der Waals surface area contributed by atoms with E-state index in [2.05, 4.69) is 8.37 Å². The van der Waals surface area contributed by atoms with Crippen molar-refractivity contribution in [3.8, 4) is 0 Å². The van der Waals surface area contributed by atoms with Gasteiger partial charge < -0.3 is 38.7 Å². The molecular formula is C14H25NO19S3. The van der Waals surface area contributed by atoms with Crippen LogP contribution >= 0.6 is 0 Å². The number of aliphatic hydroxyl groups excluding tert-OH is 2. The summed E-state index contributed by atoms with van der Waals surface area (Å²) in [5.74, 6) is 0.